The van der Waals surface area contributed by atoms with E-state index in [1.54, 1.807) is 6.07 Å². The first-order valence-corrected chi connectivity index (χ1v) is 18.0. The Balaban J connectivity index is 1.18. The number of aliphatic hydroxyl groups is 1. The lowest BCUT2D eigenvalue weighted by Crippen LogP contribution is -2.51. The number of carbonyl (C=O) groups excluding carboxylic acids is 1. The Morgan fingerprint density at radius 2 is 1.80 bits per heavy atom. The number of rotatable bonds is 14. The van der Waals surface area contributed by atoms with Crippen molar-refractivity contribution in [2.24, 2.45) is 11.8 Å². The van der Waals surface area contributed by atoms with Crippen LogP contribution in [0.4, 0.5) is 4.79 Å². The van der Waals surface area contributed by atoms with E-state index in [2.05, 4.69) is 11.4 Å². The van der Waals surface area contributed by atoms with E-state index >= 15 is 0 Å². The number of fused-ring (bicyclic) bond motifs is 2. The second-order valence-electron chi connectivity index (χ2n) is 13.1. The van der Waals surface area contributed by atoms with Crippen molar-refractivity contribution in [3.63, 3.8) is 0 Å². The average Bonchev–Trinajstić information content (AvgIpc) is 3.82. The molecule has 3 aromatic rings. The summed E-state index contributed by atoms with van der Waals surface area (Å²) in [5, 5.41) is 14.5. The molecule has 6 rings (SSSR count). The number of alkyl carbamates (subject to hydrolysis) is 1. The van der Waals surface area contributed by atoms with Crippen molar-refractivity contribution in [1.29, 1.82) is 0 Å². The molecule has 13 heteroatoms. The van der Waals surface area contributed by atoms with Gasteiger partial charge in [-0.1, -0.05) is 55.8 Å². The number of sulfonamides is 1. The molecule has 3 heterocycles. The molecule has 0 aliphatic carbocycles. The molecule has 5 atom stereocenters. The van der Waals surface area contributed by atoms with Crippen molar-refractivity contribution in [3.8, 4) is 17.2 Å². The van der Waals surface area contributed by atoms with E-state index < -0.39 is 40.7 Å². The lowest BCUT2D eigenvalue weighted by atomic mass is 10.0. The minimum absolute atomic E-state index is 0.0118. The van der Waals surface area contributed by atoms with Gasteiger partial charge in [0, 0.05) is 19.2 Å². The summed E-state index contributed by atoms with van der Waals surface area (Å²) in [6, 6.07) is 19.0. The van der Waals surface area contributed by atoms with Crippen molar-refractivity contribution >= 4 is 16.1 Å². The summed E-state index contributed by atoms with van der Waals surface area (Å²) in [5.41, 5.74) is 3.01. The zero-order chi connectivity index (χ0) is 34.5. The summed E-state index contributed by atoms with van der Waals surface area (Å²) in [5.74, 6) is 1.36. The van der Waals surface area contributed by atoms with Gasteiger partial charge < -0.3 is 38.8 Å². The predicted molar refractivity (Wildman–Crippen MR) is 179 cm³/mol. The zero-order valence-corrected chi connectivity index (χ0v) is 28.8. The molecular formula is C36H44N2O10S. The number of hydrogen-bond acceptors (Lipinski definition) is 10. The lowest BCUT2D eigenvalue weighted by Gasteiger charge is -2.31. The molecule has 3 aliphatic rings. The predicted octanol–water partition coefficient (Wildman–Crippen LogP) is 4.41. The van der Waals surface area contributed by atoms with Crippen molar-refractivity contribution in [2.45, 2.75) is 69.7 Å². The normalized spacial score (nSPS) is 21.1. The second-order valence-corrected chi connectivity index (χ2v) is 15.1. The third-order valence-electron chi connectivity index (χ3n) is 8.82. The molecule has 2 fully saturated rings. The van der Waals surface area contributed by atoms with Gasteiger partial charge in [-0.15, -0.1) is 0 Å². The summed E-state index contributed by atoms with van der Waals surface area (Å²) in [6.45, 7) is 6.87. The van der Waals surface area contributed by atoms with Gasteiger partial charge in [0.2, 0.25) is 16.8 Å². The van der Waals surface area contributed by atoms with E-state index in [0.717, 1.165) is 23.1 Å². The van der Waals surface area contributed by atoms with Crippen LogP contribution in [0.25, 0.3) is 0 Å². The third kappa shape index (κ3) is 8.65. The highest BCUT2D eigenvalue weighted by Crippen LogP contribution is 2.35. The number of benzene rings is 3. The molecular weight excluding hydrogens is 652 g/mol. The van der Waals surface area contributed by atoms with Gasteiger partial charge in [0.25, 0.3) is 0 Å². The van der Waals surface area contributed by atoms with Crippen LogP contribution < -0.4 is 19.5 Å². The van der Waals surface area contributed by atoms with Crippen LogP contribution in [0.2, 0.25) is 0 Å². The van der Waals surface area contributed by atoms with Crippen molar-refractivity contribution < 1.29 is 46.7 Å². The summed E-state index contributed by atoms with van der Waals surface area (Å²) in [4.78, 5) is 13.3. The SMILES string of the molecule is Cc1cccc(COc2ccc(C[C@H](NC(=O)O[C@H]3CO[C@H]4OCC[C@H]43)[C@H](O)CN(CC(C)C)S(=O)(=O)c3ccc4c(c3)OCO4)cc2)c1. The van der Waals surface area contributed by atoms with Gasteiger partial charge in [0.15, 0.2) is 17.8 Å². The largest absolute Gasteiger partial charge is 0.489 e. The van der Waals surface area contributed by atoms with Gasteiger partial charge in [0.05, 0.1) is 36.2 Å². The maximum atomic E-state index is 13.9. The van der Waals surface area contributed by atoms with Crippen molar-refractivity contribution in [2.75, 3.05) is 33.1 Å². The van der Waals surface area contributed by atoms with Crippen LogP contribution in [0.1, 0.15) is 37.0 Å². The van der Waals surface area contributed by atoms with E-state index in [0.29, 0.717) is 30.5 Å². The smallest absolute Gasteiger partial charge is 0.407 e. The molecule has 264 valence electrons. The van der Waals surface area contributed by atoms with E-state index in [1.807, 2.05) is 63.2 Å². The fourth-order valence-electron chi connectivity index (χ4n) is 6.30. The fourth-order valence-corrected chi connectivity index (χ4v) is 7.94. The van der Waals surface area contributed by atoms with E-state index in [1.165, 1.54) is 16.4 Å². The molecule has 0 aromatic heterocycles. The molecule has 0 unspecified atom stereocenters. The monoisotopic (exact) mass is 696 g/mol. The van der Waals surface area contributed by atoms with Gasteiger partial charge >= 0.3 is 6.09 Å². The number of amides is 1. The number of nitrogens with zero attached hydrogens (tertiary/aromatic N) is 1. The maximum Gasteiger partial charge on any atom is 0.407 e. The number of carbonyl (C=O) groups is 1. The van der Waals surface area contributed by atoms with Crippen LogP contribution in [0, 0.1) is 18.8 Å². The molecule has 3 aromatic carbocycles. The van der Waals surface area contributed by atoms with Crippen molar-refractivity contribution in [3.05, 3.63) is 83.4 Å². The first kappa shape index (κ1) is 35.0. The lowest BCUT2D eigenvalue weighted by molar-refractivity contribution is -0.0907. The van der Waals surface area contributed by atoms with Crippen molar-refractivity contribution in [1.82, 2.24) is 9.62 Å². The van der Waals surface area contributed by atoms with E-state index in [9.17, 15) is 18.3 Å². The zero-order valence-electron chi connectivity index (χ0n) is 27.9. The molecule has 2 saturated heterocycles. The Hall–Kier alpha value is -3.88. The van der Waals surface area contributed by atoms with Gasteiger partial charge in [-0.25, -0.2) is 13.2 Å². The average molecular weight is 697 g/mol. The quantitative estimate of drug-likeness (QED) is 0.249. The Bertz CT molecular complexity index is 1700. The van der Waals surface area contributed by atoms with Crippen LogP contribution in [-0.4, -0.2) is 81.6 Å². The Morgan fingerprint density at radius 3 is 2.57 bits per heavy atom. The second kappa shape index (κ2) is 15.3. The van der Waals surface area contributed by atoms with Crippen LogP contribution in [-0.2, 0) is 37.3 Å². The van der Waals surface area contributed by atoms with Crippen LogP contribution in [0.15, 0.2) is 71.6 Å². The topological polar surface area (TPSA) is 142 Å². The van der Waals surface area contributed by atoms with Gasteiger partial charge in [-0.2, -0.15) is 4.31 Å². The highest BCUT2D eigenvalue weighted by molar-refractivity contribution is 7.89. The third-order valence-corrected chi connectivity index (χ3v) is 10.6. The Kier molecular flexibility index (Phi) is 10.9. The van der Waals surface area contributed by atoms with Gasteiger partial charge in [0.1, 0.15) is 18.5 Å². The molecule has 0 spiro atoms. The number of hydrogen-bond donors (Lipinski definition) is 2. The Labute approximate surface area is 287 Å². The maximum absolute atomic E-state index is 13.9. The van der Waals surface area contributed by atoms with Gasteiger partial charge in [-0.05, 0) is 61.1 Å². The summed E-state index contributed by atoms with van der Waals surface area (Å²) in [6.07, 6.45) is -1.98. The first-order valence-electron chi connectivity index (χ1n) is 16.6. The Morgan fingerprint density at radius 1 is 1.00 bits per heavy atom. The molecule has 1 amide bonds. The number of aliphatic hydroxyl groups excluding tert-OH is 1. The molecule has 0 radical (unpaired) electrons. The first-order chi connectivity index (χ1) is 23.5. The van der Waals surface area contributed by atoms with Crippen LogP contribution in [0.3, 0.4) is 0 Å². The van der Waals surface area contributed by atoms with E-state index in [4.69, 9.17) is 28.4 Å². The number of aryl methyl sites for hydroxylation is 1. The molecule has 2 N–H and O–H groups in total. The summed E-state index contributed by atoms with van der Waals surface area (Å²) in [7, 11) is -4.07. The van der Waals surface area contributed by atoms with Gasteiger partial charge in [-0.3, -0.25) is 0 Å². The van der Waals surface area contributed by atoms with Crippen LogP contribution >= 0.6 is 0 Å². The highest BCUT2D eigenvalue weighted by Gasteiger charge is 2.44. The number of nitrogens with one attached hydrogen (secondary N) is 1. The molecule has 0 saturated carbocycles. The molecule has 0 bridgehead atoms. The fraction of sp³-hybridized carbons (Fsp3) is 0.472. The highest BCUT2D eigenvalue weighted by atomic mass is 32.2. The molecule has 3 aliphatic heterocycles. The van der Waals surface area contributed by atoms with Crippen LogP contribution in [0.5, 0.6) is 17.2 Å². The molecule has 12 nitrogen and oxygen atoms in total. The standard InChI is InChI=1S/C36H44N2O10S/c1-23(2)18-38(49(41,42)28-11-12-32-33(17-28)47-22-46-32)19-31(39)30(37-36(40)48-34-21-45-35-29(34)13-14-43-35)16-25-7-9-27(10-8-25)44-20-26-6-4-5-24(3)15-26/h4-12,15,17,23,29-31,34-35,39H,13-14,16,18-22H2,1-3H3,(H,37,40)/t29-,30-,31+,34-,35+/m0/s1. The number of ether oxygens (including phenoxy) is 6. The minimum Gasteiger partial charge on any atom is -0.489 e. The van der Waals surface area contributed by atoms with E-state index in [-0.39, 0.29) is 49.6 Å². The minimum atomic E-state index is -4.07. The summed E-state index contributed by atoms with van der Waals surface area (Å²) >= 11 is 0. The summed E-state index contributed by atoms with van der Waals surface area (Å²) < 4.78 is 62.8. The molecule has 49 heavy (non-hydrogen) atoms.